The minimum atomic E-state index is -0.554. The number of nitrogens with one attached hydrogen (secondary N) is 1. The third-order valence-electron chi connectivity index (χ3n) is 3.99. The summed E-state index contributed by atoms with van der Waals surface area (Å²) >= 11 is 0. The molecule has 0 bridgehead atoms. The monoisotopic (exact) mass is 323 g/mol. The van der Waals surface area contributed by atoms with Gasteiger partial charge in [-0.2, -0.15) is 0 Å². The summed E-state index contributed by atoms with van der Waals surface area (Å²) < 4.78 is 0. The molecule has 0 saturated heterocycles. The topological polar surface area (TPSA) is 53.9 Å². The zero-order chi connectivity index (χ0) is 16.9. The normalized spacial score (nSPS) is 16.2. The van der Waals surface area contributed by atoms with Crippen LogP contribution in [0.15, 0.2) is 59.8 Å². The number of nitrogens with zero attached hydrogens (tertiary/aromatic N) is 2. The highest BCUT2D eigenvalue weighted by molar-refractivity contribution is 6.04. The van der Waals surface area contributed by atoms with Crippen LogP contribution < -0.4 is 10.2 Å². The van der Waals surface area contributed by atoms with Crippen molar-refractivity contribution in [1.29, 1.82) is 0 Å². The molecule has 0 aromatic heterocycles. The Morgan fingerprint density at radius 2 is 1.88 bits per heavy atom. The van der Waals surface area contributed by atoms with Crippen molar-refractivity contribution in [3.8, 4) is 0 Å². The number of rotatable bonds is 5. The second-order valence-electron chi connectivity index (χ2n) is 5.98. The predicted octanol–water partition coefficient (Wildman–Crippen LogP) is 2.56. The van der Waals surface area contributed by atoms with E-state index in [1.807, 2.05) is 73.6 Å². The van der Waals surface area contributed by atoms with Crippen LogP contribution in [0.5, 0.6) is 0 Å². The third-order valence-corrected chi connectivity index (χ3v) is 3.99. The summed E-state index contributed by atoms with van der Waals surface area (Å²) in [5.74, 6) is -0.138. The first-order chi connectivity index (χ1) is 11.6. The van der Waals surface area contributed by atoms with Crippen LogP contribution in [-0.4, -0.2) is 31.8 Å². The van der Waals surface area contributed by atoms with Crippen molar-refractivity contribution in [3.63, 3.8) is 0 Å². The van der Waals surface area contributed by atoms with Gasteiger partial charge in [-0.15, -0.1) is 0 Å². The average Bonchev–Trinajstić information content (AvgIpc) is 3.11. The van der Waals surface area contributed by atoms with Crippen molar-refractivity contribution >= 4 is 17.3 Å². The van der Waals surface area contributed by atoms with Crippen LogP contribution in [0.4, 0.5) is 5.69 Å². The van der Waals surface area contributed by atoms with E-state index in [2.05, 4.69) is 10.5 Å². The Kier molecular flexibility index (Phi) is 4.79. The summed E-state index contributed by atoms with van der Waals surface area (Å²) in [5, 5.41) is 6.96. The molecule has 2 aromatic carbocycles. The molecular formula is C19H21N3O2. The van der Waals surface area contributed by atoms with Gasteiger partial charge in [0.2, 0.25) is 6.10 Å². The van der Waals surface area contributed by atoms with E-state index >= 15 is 0 Å². The predicted molar refractivity (Wildman–Crippen MR) is 95.1 cm³/mol. The molecule has 1 N–H and O–H groups in total. The lowest BCUT2D eigenvalue weighted by Gasteiger charge is -2.13. The van der Waals surface area contributed by atoms with E-state index < -0.39 is 6.10 Å². The minimum Gasteiger partial charge on any atom is -0.382 e. The van der Waals surface area contributed by atoms with Gasteiger partial charge in [0, 0.05) is 32.7 Å². The smallest absolute Gasteiger partial charge is 0.264 e. The first-order valence-electron chi connectivity index (χ1n) is 7.95. The number of oxime groups is 1. The highest BCUT2D eigenvalue weighted by atomic mass is 16.6. The number of hydrogen-bond donors (Lipinski definition) is 1. The van der Waals surface area contributed by atoms with Crippen LogP contribution in [0, 0.1) is 0 Å². The number of carbonyl (C=O) groups is 1. The van der Waals surface area contributed by atoms with Gasteiger partial charge in [-0.05, 0) is 23.3 Å². The van der Waals surface area contributed by atoms with Gasteiger partial charge < -0.3 is 15.1 Å². The van der Waals surface area contributed by atoms with Gasteiger partial charge in [0.25, 0.3) is 5.91 Å². The number of benzene rings is 2. The summed E-state index contributed by atoms with van der Waals surface area (Å²) in [7, 11) is 4.00. The lowest BCUT2D eigenvalue weighted by Crippen LogP contribution is -2.34. The highest BCUT2D eigenvalue weighted by Gasteiger charge is 2.28. The van der Waals surface area contributed by atoms with Crippen LogP contribution in [-0.2, 0) is 16.2 Å². The molecule has 1 atom stereocenters. The van der Waals surface area contributed by atoms with E-state index in [0.29, 0.717) is 13.0 Å². The van der Waals surface area contributed by atoms with Gasteiger partial charge in [-0.25, -0.2) is 0 Å². The molecule has 2 aromatic rings. The maximum absolute atomic E-state index is 12.3. The molecule has 5 heteroatoms. The van der Waals surface area contributed by atoms with E-state index in [-0.39, 0.29) is 5.91 Å². The second kappa shape index (κ2) is 7.17. The zero-order valence-electron chi connectivity index (χ0n) is 13.9. The lowest BCUT2D eigenvalue weighted by atomic mass is 10.0. The Morgan fingerprint density at radius 3 is 2.54 bits per heavy atom. The second-order valence-corrected chi connectivity index (χ2v) is 5.98. The van der Waals surface area contributed by atoms with Gasteiger partial charge in [0.15, 0.2) is 0 Å². The van der Waals surface area contributed by atoms with Crippen molar-refractivity contribution < 1.29 is 9.63 Å². The van der Waals surface area contributed by atoms with E-state index in [4.69, 9.17) is 4.84 Å². The Morgan fingerprint density at radius 1 is 1.17 bits per heavy atom. The SMILES string of the molecule is CN(C)c1ccc(CNC(=O)[C@H]2CC(c3ccccc3)=NO2)cc1. The fourth-order valence-electron chi connectivity index (χ4n) is 2.53. The number of amides is 1. The fourth-order valence-corrected chi connectivity index (χ4v) is 2.53. The van der Waals surface area contributed by atoms with E-state index in [1.165, 1.54) is 0 Å². The molecule has 5 nitrogen and oxygen atoms in total. The molecule has 0 spiro atoms. The fraction of sp³-hybridized carbons (Fsp3) is 0.263. The third kappa shape index (κ3) is 3.74. The van der Waals surface area contributed by atoms with Crippen LogP contribution in [0.3, 0.4) is 0 Å². The first kappa shape index (κ1) is 16.1. The van der Waals surface area contributed by atoms with Crippen molar-refractivity contribution in [2.24, 2.45) is 5.16 Å². The van der Waals surface area contributed by atoms with Crippen LogP contribution in [0.2, 0.25) is 0 Å². The average molecular weight is 323 g/mol. The minimum absolute atomic E-state index is 0.138. The van der Waals surface area contributed by atoms with Crippen LogP contribution in [0.1, 0.15) is 17.5 Å². The van der Waals surface area contributed by atoms with Gasteiger partial charge in [0.05, 0.1) is 5.71 Å². The number of hydrogen-bond acceptors (Lipinski definition) is 4. The van der Waals surface area contributed by atoms with E-state index in [0.717, 1.165) is 22.5 Å². The Balaban J connectivity index is 1.51. The molecule has 3 rings (SSSR count). The zero-order valence-corrected chi connectivity index (χ0v) is 13.9. The van der Waals surface area contributed by atoms with Gasteiger partial charge in [-0.3, -0.25) is 4.79 Å². The Labute approximate surface area is 141 Å². The Bertz CT molecular complexity index is 724. The maximum atomic E-state index is 12.3. The lowest BCUT2D eigenvalue weighted by molar-refractivity contribution is -0.131. The first-order valence-corrected chi connectivity index (χ1v) is 7.95. The Hall–Kier alpha value is -2.82. The quantitative estimate of drug-likeness (QED) is 0.920. The molecule has 0 fully saturated rings. The number of carbonyl (C=O) groups excluding carboxylic acids is 1. The van der Waals surface area contributed by atoms with E-state index in [9.17, 15) is 4.79 Å². The van der Waals surface area contributed by atoms with Crippen molar-refractivity contribution in [2.45, 2.75) is 19.1 Å². The molecule has 24 heavy (non-hydrogen) atoms. The largest absolute Gasteiger partial charge is 0.382 e. The van der Waals surface area contributed by atoms with Gasteiger partial charge in [-0.1, -0.05) is 47.6 Å². The van der Waals surface area contributed by atoms with Crippen LogP contribution in [0.25, 0.3) is 0 Å². The summed E-state index contributed by atoms with van der Waals surface area (Å²) in [6, 6.07) is 17.9. The van der Waals surface area contributed by atoms with Crippen LogP contribution >= 0.6 is 0 Å². The summed E-state index contributed by atoms with van der Waals surface area (Å²) in [5.41, 5.74) is 3.99. The highest BCUT2D eigenvalue weighted by Crippen LogP contribution is 2.17. The maximum Gasteiger partial charge on any atom is 0.264 e. The molecule has 1 heterocycles. The van der Waals surface area contributed by atoms with E-state index in [1.54, 1.807) is 0 Å². The molecule has 0 saturated carbocycles. The molecule has 0 aliphatic carbocycles. The molecule has 1 aliphatic heterocycles. The molecule has 1 aliphatic rings. The molecule has 0 radical (unpaired) electrons. The summed E-state index contributed by atoms with van der Waals surface area (Å²) in [4.78, 5) is 19.6. The molecular weight excluding hydrogens is 302 g/mol. The molecule has 1 amide bonds. The molecule has 0 unspecified atom stereocenters. The molecule has 124 valence electrons. The standard InChI is InChI=1S/C19H21N3O2/c1-22(2)16-10-8-14(9-11-16)13-20-19(23)18-12-17(21-24-18)15-6-4-3-5-7-15/h3-11,18H,12-13H2,1-2H3,(H,20,23)/t18-/m1/s1. The van der Waals surface area contributed by atoms with Crippen molar-refractivity contribution in [1.82, 2.24) is 5.32 Å². The summed E-state index contributed by atoms with van der Waals surface area (Å²) in [6.45, 7) is 0.479. The van der Waals surface area contributed by atoms with Gasteiger partial charge in [0.1, 0.15) is 0 Å². The summed E-state index contributed by atoms with van der Waals surface area (Å²) in [6.07, 6.45) is -0.0589. The van der Waals surface area contributed by atoms with Crippen molar-refractivity contribution in [3.05, 3.63) is 65.7 Å². The number of anilines is 1. The van der Waals surface area contributed by atoms with Crippen molar-refractivity contribution in [2.75, 3.05) is 19.0 Å². The van der Waals surface area contributed by atoms with Gasteiger partial charge >= 0.3 is 0 Å².